The highest BCUT2D eigenvalue weighted by molar-refractivity contribution is 5.53. The molecule has 0 amide bonds. The van der Waals surface area contributed by atoms with Crippen molar-refractivity contribution in [1.29, 1.82) is 0 Å². The van der Waals surface area contributed by atoms with E-state index < -0.39 is 5.79 Å². The minimum atomic E-state index is -0.512. The molecule has 0 N–H and O–H groups in total. The van der Waals surface area contributed by atoms with Gasteiger partial charge in [-0.25, -0.2) is 0 Å². The maximum absolute atomic E-state index is 10.4. The van der Waals surface area contributed by atoms with Gasteiger partial charge in [0.1, 0.15) is 6.29 Å². The minimum absolute atomic E-state index is 0.0671. The van der Waals surface area contributed by atoms with Crippen LogP contribution in [0.1, 0.15) is 20.8 Å². The maximum atomic E-state index is 10.4. The predicted octanol–water partition coefficient (Wildman–Crippen LogP) is 0.973. The van der Waals surface area contributed by atoms with E-state index in [-0.39, 0.29) is 12.0 Å². The molecule has 0 aliphatic carbocycles. The van der Waals surface area contributed by atoms with E-state index in [2.05, 4.69) is 0 Å². The van der Waals surface area contributed by atoms with E-state index in [1.54, 1.807) is 0 Å². The Hall–Kier alpha value is -0.410. The van der Waals surface area contributed by atoms with Gasteiger partial charge in [0.15, 0.2) is 5.79 Å². The van der Waals surface area contributed by atoms with E-state index in [1.807, 2.05) is 20.8 Å². The Morgan fingerprint density at radius 3 is 2.64 bits per heavy atom. The second kappa shape index (κ2) is 2.91. The Morgan fingerprint density at radius 2 is 2.27 bits per heavy atom. The zero-order valence-electron chi connectivity index (χ0n) is 7.16. The van der Waals surface area contributed by atoms with Crippen LogP contribution in [-0.4, -0.2) is 24.8 Å². The lowest BCUT2D eigenvalue weighted by atomic mass is 10.1. The molecule has 1 aliphatic rings. The normalized spacial score (nSPS) is 31.7. The minimum Gasteiger partial charge on any atom is -0.348 e. The summed E-state index contributed by atoms with van der Waals surface area (Å²) in [4.78, 5) is 10.4. The fourth-order valence-corrected chi connectivity index (χ4v) is 1.06. The molecule has 64 valence electrons. The summed E-state index contributed by atoms with van der Waals surface area (Å²) in [6, 6.07) is 0. The first-order chi connectivity index (χ1) is 5.05. The fraction of sp³-hybridized carbons (Fsp3) is 0.875. The number of hydrogen-bond donors (Lipinski definition) is 0. The smallest absolute Gasteiger partial charge is 0.163 e. The van der Waals surface area contributed by atoms with Crippen LogP contribution in [0.2, 0.25) is 0 Å². The summed E-state index contributed by atoms with van der Waals surface area (Å²) in [5, 5.41) is 0. The molecule has 3 nitrogen and oxygen atoms in total. The summed E-state index contributed by atoms with van der Waals surface area (Å²) in [5.41, 5.74) is 0. The van der Waals surface area contributed by atoms with Crippen molar-refractivity contribution in [3.63, 3.8) is 0 Å². The van der Waals surface area contributed by atoms with Crippen LogP contribution >= 0.6 is 0 Å². The number of aldehydes is 1. The highest BCUT2D eigenvalue weighted by Gasteiger charge is 2.35. The topological polar surface area (TPSA) is 35.5 Å². The lowest BCUT2D eigenvalue weighted by Crippen LogP contribution is -2.25. The highest BCUT2D eigenvalue weighted by Crippen LogP contribution is 2.25. The molecule has 0 bridgehead atoms. The van der Waals surface area contributed by atoms with Crippen molar-refractivity contribution in [3.05, 3.63) is 0 Å². The average Bonchev–Trinajstić information content (AvgIpc) is 2.29. The molecule has 1 fully saturated rings. The molecule has 1 aliphatic heterocycles. The van der Waals surface area contributed by atoms with Gasteiger partial charge in [0, 0.05) is 5.92 Å². The molecule has 0 radical (unpaired) electrons. The second-order valence-electron chi connectivity index (χ2n) is 3.36. The van der Waals surface area contributed by atoms with Crippen molar-refractivity contribution in [2.24, 2.45) is 5.92 Å². The maximum Gasteiger partial charge on any atom is 0.163 e. The second-order valence-corrected chi connectivity index (χ2v) is 3.36. The molecule has 1 saturated heterocycles. The molecular formula is C8H14O3. The van der Waals surface area contributed by atoms with Crippen molar-refractivity contribution in [2.75, 3.05) is 6.61 Å². The van der Waals surface area contributed by atoms with Gasteiger partial charge in [0.25, 0.3) is 0 Å². The lowest BCUT2D eigenvalue weighted by Gasteiger charge is -2.18. The van der Waals surface area contributed by atoms with Crippen molar-refractivity contribution in [1.82, 2.24) is 0 Å². The van der Waals surface area contributed by atoms with Gasteiger partial charge in [0.05, 0.1) is 12.7 Å². The molecule has 11 heavy (non-hydrogen) atoms. The zero-order chi connectivity index (χ0) is 8.48. The number of hydrogen-bond acceptors (Lipinski definition) is 3. The molecule has 1 rings (SSSR count). The third kappa shape index (κ3) is 2.01. The standard InChI is InChI=1S/C8H14O3/c1-6(4-9)7-5-10-8(2,3)11-7/h4,6-7H,5H2,1-3H3/t6-,7-/m1/s1. The largest absolute Gasteiger partial charge is 0.348 e. The Balaban J connectivity index is 2.47. The van der Waals surface area contributed by atoms with Crippen LogP contribution in [0.4, 0.5) is 0 Å². The van der Waals surface area contributed by atoms with Crippen molar-refractivity contribution in [3.8, 4) is 0 Å². The molecule has 3 heteroatoms. The van der Waals surface area contributed by atoms with Gasteiger partial charge in [-0.05, 0) is 13.8 Å². The number of rotatable bonds is 2. The van der Waals surface area contributed by atoms with E-state index in [0.717, 1.165) is 6.29 Å². The van der Waals surface area contributed by atoms with Crippen LogP contribution in [0, 0.1) is 5.92 Å². The molecule has 0 saturated carbocycles. The first kappa shape index (κ1) is 8.68. The van der Waals surface area contributed by atoms with E-state index in [9.17, 15) is 4.79 Å². The van der Waals surface area contributed by atoms with Crippen molar-refractivity contribution < 1.29 is 14.3 Å². The molecule has 2 atom stereocenters. The van der Waals surface area contributed by atoms with Crippen LogP contribution in [0.3, 0.4) is 0 Å². The van der Waals surface area contributed by atoms with Gasteiger partial charge in [0.2, 0.25) is 0 Å². The van der Waals surface area contributed by atoms with Gasteiger partial charge >= 0.3 is 0 Å². The molecule has 0 spiro atoms. The molecule has 0 aromatic carbocycles. The SMILES string of the molecule is C[C@H](C=O)[C@H]1COC(C)(C)O1. The predicted molar refractivity (Wildman–Crippen MR) is 40.1 cm³/mol. The number of carbonyl (C=O) groups excluding carboxylic acids is 1. The van der Waals surface area contributed by atoms with E-state index in [4.69, 9.17) is 9.47 Å². The Kier molecular flexibility index (Phi) is 2.30. The van der Waals surface area contributed by atoms with Gasteiger partial charge < -0.3 is 14.3 Å². The molecule has 0 aromatic rings. The molecule has 0 unspecified atom stereocenters. The van der Waals surface area contributed by atoms with E-state index in [1.165, 1.54) is 0 Å². The Morgan fingerprint density at radius 1 is 1.64 bits per heavy atom. The fourth-order valence-electron chi connectivity index (χ4n) is 1.06. The Labute approximate surface area is 66.7 Å². The monoisotopic (exact) mass is 158 g/mol. The third-order valence-electron chi connectivity index (χ3n) is 1.83. The lowest BCUT2D eigenvalue weighted by molar-refractivity contribution is -0.145. The van der Waals surface area contributed by atoms with Crippen LogP contribution in [0.15, 0.2) is 0 Å². The molecule has 0 aromatic heterocycles. The third-order valence-corrected chi connectivity index (χ3v) is 1.83. The first-order valence-corrected chi connectivity index (χ1v) is 3.82. The van der Waals surface area contributed by atoms with Gasteiger partial charge in [-0.3, -0.25) is 0 Å². The summed E-state index contributed by atoms with van der Waals surface area (Å²) in [6.07, 6.45) is 0.831. The molecule has 1 heterocycles. The summed E-state index contributed by atoms with van der Waals surface area (Å²) in [7, 11) is 0. The van der Waals surface area contributed by atoms with Gasteiger partial charge in [-0.2, -0.15) is 0 Å². The van der Waals surface area contributed by atoms with Crippen LogP contribution in [0.5, 0.6) is 0 Å². The van der Waals surface area contributed by atoms with Gasteiger partial charge in [-0.15, -0.1) is 0 Å². The van der Waals surface area contributed by atoms with E-state index >= 15 is 0 Å². The van der Waals surface area contributed by atoms with Crippen LogP contribution in [0.25, 0.3) is 0 Å². The quantitative estimate of drug-likeness (QED) is 0.562. The summed E-state index contributed by atoms with van der Waals surface area (Å²) < 4.78 is 10.7. The van der Waals surface area contributed by atoms with Crippen LogP contribution in [-0.2, 0) is 14.3 Å². The number of ether oxygens (including phenoxy) is 2. The summed E-state index contributed by atoms with van der Waals surface area (Å²) in [5.74, 6) is -0.584. The highest BCUT2D eigenvalue weighted by atomic mass is 16.7. The number of carbonyl (C=O) groups is 1. The Bertz CT molecular complexity index is 153. The van der Waals surface area contributed by atoms with Gasteiger partial charge in [-0.1, -0.05) is 6.92 Å². The average molecular weight is 158 g/mol. The zero-order valence-corrected chi connectivity index (χ0v) is 7.16. The first-order valence-electron chi connectivity index (χ1n) is 3.82. The van der Waals surface area contributed by atoms with Crippen LogP contribution < -0.4 is 0 Å². The molecular weight excluding hydrogens is 144 g/mol. The van der Waals surface area contributed by atoms with E-state index in [0.29, 0.717) is 6.61 Å². The van der Waals surface area contributed by atoms with Crippen molar-refractivity contribution in [2.45, 2.75) is 32.7 Å². The summed E-state index contributed by atoms with van der Waals surface area (Å²) >= 11 is 0. The van der Waals surface area contributed by atoms with Crippen molar-refractivity contribution >= 4 is 6.29 Å². The summed E-state index contributed by atoms with van der Waals surface area (Å²) in [6.45, 7) is 6.06.